The van der Waals surface area contributed by atoms with Crippen molar-refractivity contribution in [3.05, 3.63) is 70.9 Å². The smallest absolute Gasteiger partial charge is 0.251 e. The van der Waals surface area contributed by atoms with E-state index in [1.54, 1.807) is 0 Å². The van der Waals surface area contributed by atoms with Crippen LogP contribution in [0.1, 0.15) is 15.9 Å². The average Bonchev–Trinajstić information content (AvgIpc) is 2.86. The predicted molar refractivity (Wildman–Crippen MR) is 85.5 cm³/mol. The van der Waals surface area contributed by atoms with Crippen molar-refractivity contribution in [2.45, 2.75) is 6.54 Å². The summed E-state index contributed by atoms with van der Waals surface area (Å²) in [6, 6.07) is 15.2. The molecule has 0 saturated heterocycles. The second kappa shape index (κ2) is 5.62. The van der Waals surface area contributed by atoms with E-state index >= 15 is 0 Å². The number of halogens is 1. The summed E-state index contributed by atoms with van der Waals surface area (Å²) in [7, 11) is 1.97. The van der Waals surface area contributed by atoms with E-state index in [1.807, 2.05) is 66.3 Å². The Kier molecular flexibility index (Phi) is 3.67. The zero-order valence-corrected chi connectivity index (χ0v) is 12.4. The third-order valence-corrected chi connectivity index (χ3v) is 3.73. The third-order valence-electron chi connectivity index (χ3n) is 3.49. The number of hydrogen-bond donors (Lipinski definition) is 1. The number of carbonyl (C=O) groups is 1. The molecule has 0 aliphatic carbocycles. The standard InChI is InChI=1S/C17H15ClN2O/c1-20-8-7-13-5-6-14(10-16(13)20)17(21)19-11-12-3-2-4-15(18)9-12/h2-10H,11H2,1H3,(H,19,21). The van der Waals surface area contributed by atoms with Gasteiger partial charge in [-0.1, -0.05) is 29.8 Å². The zero-order valence-electron chi connectivity index (χ0n) is 11.6. The minimum absolute atomic E-state index is 0.0851. The minimum Gasteiger partial charge on any atom is -0.351 e. The molecule has 106 valence electrons. The third kappa shape index (κ3) is 2.93. The maximum absolute atomic E-state index is 12.2. The molecule has 3 nitrogen and oxygen atoms in total. The van der Waals surface area contributed by atoms with Crippen LogP contribution >= 0.6 is 11.6 Å². The molecule has 0 saturated carbocycles. The number of rotatable bonds is 3. The Hall–Kier alpha value is -2.26. The van der Waals surface area contributed by atoms with Gasteiger partial charge in [0.2, 0.25) is 0 Å². The topological polar surface area (TPSA) is 34.0 Å². The lowest BCUT2D eigenvalue weighted by atomic mass is 10.1. The van der Waals surface area contributed by atoms with Crippen molar-refractivity contribution >= 4 is 28.4 Å². The average molecular weight is 299 g/mol. The molecular formula is C17H15ClN2O. The first-order valence-electron chi connectivity index (χ1n) is 6.71. The molecule has 0 fully saturated rings. The Morgan fingerprint density at radius 3 is 2.86 bits per heavy atom. The van der Waals surface area contributed by atoms with Gasteiger partial charge in [0.05, 0.1) is 0 Å². The molecule has 0 spiro atoms. The van der Waals surface area contributed by atoms with E-state index in [2.05, 4.69) is 5.32 Å². The molecule has 1 heterocycles. The summed E-state index contributed by atoms with van der Waals surface area (Å²) in [6.45, 7) is 0.463. The monoisotopic (exact) mass is 298 g/mol. The van der Waals surface area contributed by atoms with Crippen LogP contribution in [0.15, 0.2) is 54.7 Å². The van der Waals surface area contributed by atoms with Crippen molar-refractivity contribution in [1.82, 2.24) is 9.88 Å². The molecule has 1 aromatic heterocycles. The lowest BCUT2D eigenvalue weighted by Crippen LogP contribution is -2.22. The van der Waals surface area contributed by atoms with Crippen LogP contribution in [0, 0.1) is 0 Å². The predicted octanol–water partition coefficient (Wildman–Crippen LogP) is 3.76. The van der Waals surface area contributed by atoms with Crippen LogP contribution in [0.5, 0.6) is 0 Å². The number of nitrogens with zero attached hydrogens (tertiary/aromatic N) is 1. The first-order chi connectivity index (χ1) is 10.1. The first kappa shape index (κ1) is 13.7. The summed E-state index contributed by atoms with van der Waals surface area (Å²) >= 11 is 5.93. The molecule has 21 heavy (non-hydrogen) atoms. The lowest BCUT2D eigenvalue weighted by Gasteiger charge is -2.06. The summed E-state index contributed by atoms with van der Waals surface area (Å²) in [5.74, 6) is -0.0851. The van der Waals surface area contributed by atoms with Gasteiger partial charge in [-0.15, -0.1) is 0 Å². The Morgan fingerprint density at radius 1 is 1.19 bits per heavy atom. The highest BCUT2D eigenvalue weighted by Gasteiger charge is 2.07. The highest BCUT2D eigenvalue weighted by molar-refractivity contribution is 6.30. The number of benzene rings is 2. The number of aromatic nitrogens is 1. The maximum atomic E-state index is 12.2. The van der Waals surface area contributed by atoms with Gasteiger partial charge < -0.3 is 9.88 Å². The number of nitrogens with one attached hydrogen (secondary N) is 1. The fourth-order valence-electron chi connectivity index (χ4n) is 2.34. The highest BCUT2D eigenvalue weighted by Crippen LogP contribution is 2.17. The van der Waals surface area contributed by atoms with Gasteiger partial charge in [-0.2, -0.15) is 0 Å². The minimum atomic E-state index is -0.0851. The molecule has 0 aliphatic heterocycles. The summed E-state index contributed by atoms with van der Waals surface area (Å²) in [5, 5.41) is 4.71. The van der Waals surface area contributed by atoms with Gasteiger partial charge in [0.25, 0.3) is 5.91 Å². The SMILES string of the molecule is Cn1ccc2ccc(C(=O)NCc3cccc(Cl)c3)cc21. The number of carbonyl (C=O) groups excluding carboxylic acids is 1. The summed E-state index contributed by atoms with van der Waals surface area (Å²) in [6.07, 6.45) is 1.98. The molecule has 0 aliphatic rings. The summed E-state index contributed by atoms with van der Waals surface area (Å²) in [4.78, 5) is 12.2. The van der Waals surface area contributed by atoms with Gasteiger partial charge in [0.1, 0.15) is 0 Å². The molecule has 3 rings (SSSR count). The van der Waals surface area contributed by atoms with E-state index < -0.39 is 0 Å². The molecule has 4 heteroatoms. The molecule has 0 bridgehead atoms. The van der Waals surface area contributed by atoms with Gasteiger partial charge in [-0.25, -0.2) is 0 Å². The van der Waals surface area contributed by atoms with E-state index in [0.717, 1.165) is 16.5 Å². The van der Waals surface area contributed by atoms with E-state index in [9.17, 15) is 4.79 Å². The molecule has 3 aromatic rings. The van der Waals surface area contributed by atoms with Crippen molar-refractivity contribution in [3.8, 4) is 0 Å². The van der Waals surface area contributed by atoms with Crippen LogP contribution in [-0.2, 0) is 13.6 Å². The van der Waals surface area contributed by atoms with Crippen LogP contribution in [-0.4, -0.2) is 10.5 Å². The van der Waals surface area contributed by atoms with Crippen LogP contribution in [0.25, 0.3) is 10.9 Å². The van der Waals surface area contributed by atoms with Crippen LogP contribution in [0.4, 0.5) is 0 Å². The quantitative estimate of drug-likeness (QED) is 0.785. The second-order valence-corrected chi connectivity index (χ2v) is 5.45. The summed E-state index contributed by atoms with van der Waals surface area (Å²) < 4.78 is 2.00. The van der Waals surface area contributed by atoms with Crippen molar-refractivity contribution in [2.75, 3.05) is 0 Å². The molecule has 2 aromatic carbocycles. The fraction of sp³-hybridized carbons (Fsp3) is 0.118. The van der Waals surface area contributed by atoms with E-state index in [-0.39, 0.29) is 5.91 Å². The Labute approximate surface area is 128 Å². The van der Waals surface area contributed by atoms with E-state index in [4.69, 9.17) is 11.6 Å². The molecule has 0 atom stereocenters. The molecule has 0 unspecified atom stereocenters. The van der Waals surface area contributed by atoms with Crippen molar-refractivity contribution in [2.24, 2.45) is 7.05 Å². The fourth-order valence-corrected chi connectivity index (χ4v) is 2.55. The first-order valence-corrected chi connectivity index (χ1v) is 7.09. The Morgan fingerprint density at radius 2 is 2.05 bits per heavy atom. The Balaban J connectivity index is 1.76. The number of fused-ring (bicyclic) bond motifs is 1. The molecule has 1 N–H and O–H groups in total. The Bertz CT molecular complexity index is 807. The van der Waals surface area contributed by atoms with Gasteiger partial charge >= 0.3 is 0 Å². The zero-order chi connectivity index (χ0) is 14.8. The van der Waals surface area contributed by atoms with E-state index in [1.165, 1.54) is 0 Å². The molecular weight excluding hydrogens is 284 g/mol. The van der Waals surface area contributed by atoms with Gasteiger partial charge in [-0.3, -0.25) is 4.79 Å². The van der Waals surface area contributed by atoms with Crippen molar-refractivity contribution < 1.29 is 4.79 Å². The normalized spacial score (nSPS) is 10.8. The van der Waals surface area contributed by atoms with Gasteiger partial charge in [0.15, 0.2) is 0 Å². The van der Waals surface area contributed by atoms with Gasteiger partial charge in [-0.05, 0) is 41.3 Å². The summed E-state index contributed by atoms with van der Waals surface area (Å²) in [5.41, 5.74) is 2.69. The molecule has 0 radical (unpaired) electrons. The largest absolute Gasteiger partial charge is 0.351 e. The lowest BCUT2D eigenvalue weighted by molar-refractivity contribution is 0.0951. The second-order valence-electron chi connectivity index (χ2n) is 5.01. The van der Waals surface area contributed by atoms with Crippen molar-refractivity contribution in [3.63, 3.8) is 0 Å². The van der Waals surface area contributed by atoms with Crippen LogP contribution < -0.4 is 5.32 Å². The van der Waals surface area contributed by atoms with Crippen molar-refractivity contribution in [1.29, 1.82) is 0 Å². The maximum Gasteiger partial charge on any atom is 0.251 e. The van der Waals surface area contributed by atoms with E-state index in [0.29, 0.717) is 17.1 Å². The van der Waals surface area contributed by atoms with Crippen LogP contribution in [0.3, 0.4) is 0 Å². The van der Waals surface area contributed by atoms with Crippen LogP contribution in [0.2, 0.25) is 5.02 Å². The molecule has 1 amide bonds. The highest BCUT2D eigenvalue weighted by atomic mass is 35.5. The number of aryl methyl sites for hydroxylation is 1. The number of hydrogen-bond acceptors (Lipinski definition) is 1. The number of amides is 1. The van der Waals surface area contributed by atoms with Gasteiger partial charge in [0, 0.05) is 35.9 Å².